The van der Waals surface area contributed by atoms with Gasteiger partial charge < -0.3 is 4.74 Å². The molecule has 26 heavy (non-hydrogen) atoms. The summed E-state index contributed by atoms with van der Waals surface area (Å²) < 4.78 is 5.12. The fraction of sp³-hybridized carbons (Fsp3) is 0.478. The van der Waals surface area contributed by atoms with Crippen LogP contribution < -0.4 is 0 Å². The quantitative estimate of drug-likeness (QED) is 0.301. The maximum atomic E-state index is 12.6. The second kappa shape index (κ2) is 12.2. The first-order valence-electron chi connectivity index (χ1n) is 9.46. The first kappa shape index (κ1) is 21.9. The molecule has 0 aliphatic rings. The van der Waals surface area contributed by atoms with Crippen LogP contribution in [0.25, 0.3) is 0 Å². The smallest absolute Gasteiger partial charge is 0.316 e. The lowest BCUT2D eigenvalue weighted by atomic mass is 9.92. The third-order valence-corrected chi connectivity index (χ3v) is 4.22. The molecular formula is C23H32O3. The van der Waals surface area contributed by atoms with Crippen LogP contribution in [-0.4, -0.2) is 18.4 Å². The van der Waals surface area contributed by atoms with Crippen molar-refractivity contribution in [3.8, 4) is 0 Å². The summed E-state index contributed by atoms with van der Waals surface area (Å²) in [6.07, 6.45) is 7.81. The number of hydrogen-bond acceptors (Lipinski definition) is 3. The molecule has 0 radical (unpaired) electrons. The zero-order valence-electron chi connectivity index (χ0n) is 16.6. The van der Waals surface area contributed by atoms with Gasteiger partial charge in [0.05, 0.1) is 6.61 Å². The molecular weight excluding hydrogens is 324 g/mol. The maximum absolute atomic E-state index is 12.6. The standard InChI is InChI=1S/C23H32O3/c1-5-26-23(25)21(17-20-14-7-6-8-15-20)22(24)16-10-13-19(4)12-9-11-18(2)3/h6-8,11,13-15,21H,5,9-10,12,16-17H2,1-4H3/b19-13+. The molecule has 0 spiro atoms. The van der Waals surface area contributed by atoms with E-state index in [-0.39, 0.29) is 5.78 Å². The second-order valence-corrected chi connectivity index (χ2v) is 6.87. The van der Waals surface area contributed by atoms with Crippen LogP contribution in [0.4, 0.5) is 0 Å². The fourth-order valence-electron chi connectivity index (χ4n) is 2.75. The lowest BCUT2D eigenvalue weighted by Crippen LogP contribution is -2.28. The summed E-state index contributed by atoms with van der Waals surface area (Å²) >= 11 is 0. The predicted octanol–water partition coefficient (Wildman–Crippen LogP) is 5.45. The molecule has 0 heterocycles. The van der Waals surface area contributed by atoms with Gasteiger partial charge in [0.1, 0.15) is 11.7 Å². The molecule has 0 aromatic heterocycles. The van der Waals surface area contributed by atoms with Gasteiger partial charge in [-0.3, -0.25) is 9.59 Å². The molecule has 3 heteroatoms. The van der Waals surface area contributed by atoms with Gasteiger partial charge in [-0.2, -0.15) is 0 Å². The largest absolute Gasteiger partial charge is 0.465 e. The summed E-state index contributed by atoms with van der Waals surface area (Å²) in [6, 6.07) is 9.63. The SMILES string of the molecule is CCOC(=O)C(Cc1ccccc1)C(=O)CC/C=C(\C)CCC=C(C)C. The Morgan fingerprint density at radius 1 is 1.00 bits per heavy atom. The van der Waals surface area contributed by atoms with E-state index in [0.29, 0.717) is 25.9 Å². The van der Waals surface area contributed by atoms with Gasteiger partial charge in [0.15, 0.2) is 0 Å². The van der Waals surface area contributed by atoms with E-state index in [0.717, 1.165) is 18.4 Å². The summed E-state index contributed by atoms with van der Waals surface area (Å²) in [5.74, 6) is -1.16. The van der Waals surface area contributed by atoms with Crippen molar-refractivity contribution in [2.45, 2.75) is 59.8 Å². The van der Waals surface area contributed by atoms with E-state index >= 15 is 0 Å². The topological polar surface area (TPSA) is 43.4 Å². The monoisotopic (exact) mass is 356 g/mol. The Bertz CT molecular complexity index is 622. The molecule has 0 amide bonds. The number of rotatable bonds is 11. The number of ketones is 1. The van der Waals surface area contributed by atoms with E-state index in [1.807, 2.05) is 30.3 Å². The Kier molecular flexibility index (Phi) is 10.3. The Hall–Kier alpha value is -2.16. The van der Waals surface area contributed by atoms with Gasteiger partial charge >= 0.3 is 5.97 Å². The summed E-state index contributed by atoms with van der Waals surface area (Å²) in [5, 5.41) is 0. The molecule has 3 nitrogen and oxygen atoms in total. The van der Waals surface area contributed by atoms with E-state index < -0.39 is 11.9 Å². The highest BCUT2D eigenvalue weighted by molar-refractivity contribution is 5.99. The van der Waals surface area contributed by atoms with Gasteiger partial charge in [0.25, 0.3) is 0 Å². The van der Waals surface area contributed by atoms with Crippen LogP contribution in [0.1, 0.15) is 58.9 Å². The first-order chi connectivity index (χ1) is 12.4. The molecule has 0 fully saturated rings. The number of allylic oxidation sites excluding steroid dienone is 4. The summed E-state index contributed by atoms with van der Waals surface area (Å²) in [6.45, 7) is 8.34. The number of esters is 1. The van der Waals surface area contributed by atoms with Crippen molar-refractivity contribution in [1.29, 1.82) is 0 Å². The average Bonchev–Trinajstić information content (AvgIpc) is 2.60. The molecule has 0 aliphatic heterocycles. The van der Waals surface area contributed by atoms with Crippen molar-refractivity contribution in [3.63, 3.8) is 0 Å². The summed E-state index contributed by atoms with van der Waals surface area (Å²) in [5.41, 5.74) is 3.59. The highest BCUT2D eigenvalue weighted by atomic mass is 16.5. The molecule has 1 unspecified atom stereocenters. The van der Waals surface area contributed by atoms with Gasteiger partial charge in [-0.05, 0) is 58.9 Å². The molecule has 1 aromatic carbocycles. The number of carbonyl (C=O) groups is 2. The highest BCUT2D eigenvalue weighted by Crippen LogP contribution is 2.16. The summed E-state index contributed by atoms with van der Waals surface area (Å²) in [4.78, 5) is 24.8. The molecule has 0 saturated carbocycles. The molecule has 0 N–H and O–H groups in total. The minimum absolute atomic E-state index is 0.0411. The van der Waals surface area contributed by atoms with E-state index in [4.69, 9.17) is 4.74 Å². The molecule has 0 saturated heterocycles. The van der Waals surface area contributed by atoms with E-state index in [1.54, 1.807) is 6.92 Å². The number of benzene rings is 1. The van der Waals surface area contributed by atoms with Gasteiger partial charge in [0, 0.05) is 6.42 Å². The average molecular weight is 357 g/mol. The molecule has 0 aliphatic carbocycles. The number of Topliss-reactive ketones (excluding diaryl/α,β-unsaturated/α-hetero) is 1. The Morgan fingerprint density at radius 3 is 2.27 bits per heavy atom. The molecule has 1 aromatic rings. The Balaban J connectivity index is 2.62. The number of hydrogen-bond donors (Lipinski definition) is 0. The highest BCUT2D eigenvalue weighted by Gasteiger charge is 2.27. The lowest BCUT2D eigenvalue weighted by molar-refractivity contribution is -0.151. The van der Waals surface area contributed by atoms with Crippen molar-refractivity contribution in [2.75, 3.05) is 6.61 Å². The molecule has 0 bridgehead atoms. The van der Waals surface area contributed by atoms with Crippen LogP contribution >= 0.6 is 0 Å². The second-order valence-electron chi connectivity index (χ2n) is 6.87. The van der Waals surface area contributed by atoms with Crippen LogP contribution in [0.15, 0.2) is 53.6 Å². The zero-order chi connectivity index (χ0) is 19.4. The van der Waals surface area contributed by atoms with Crippen LogP contribution in [0, 0.1) is 5.92 Å². The third-order valence-electron chi connectivity index (χ3n) is 4.22. The Morgan fingerprint density at radius 2 is 1.65 bits per heavy atom. The molecule has 1 rings (SSSR count). The van der Waals surface area contributed by atoms with Gasteiger partial charge in [-0.25, -0.2) is 0 Å². The Labute approximate surface area is 158 Å². The van der Waals surface area contributed by atoms with Crippen LogP contribution in [-0.2, 0) is 20.7 Å². The first-order valence-corrected chi connectivity index (χ1v) is 9.46. The maximum Gasteiger partial charge on any atom is 0.316 e. The van der Waals surface area contributed by atoms with E-state index in [2.05, 4.69) is 32.9 Å². The van der Waals surface area contributed by atoms with Crippen molar-refractivity contribution in [3.05, 3.63) is 59.2 Å². The van der Waals surface area contributed by atoms with Gasteiger partial charge in [-0.15, -0.1) is 0 Å². The zero-order valence-corrected chi connectivity index (χ0v) is 16.6. The molecule has 142 valence electrons. The van der Waals surface area contributed by atoms with Crippen molar-refractivity contribution >= 4 is 11.8 Å². The minimum atomic E-state index is -0.711. The van der Waals surface area contributed by atoms with Crippen LogP contribution in [0.5, 0.6) is 0 Å². The lowest BCUT2D eigenvalue weighted by Gasteiger charge is -2.14. The van der Waals surface area contributed by atoms with Gasteiger partial charge in [0.2, 0.25) is 0 Å². The summed E-state index contributed by atoms with van der Waals surface area (Å²) in [7, 11) is 0. The number of carbonyl (C=O) groups excluding carboxylic acids is 2. The fourth-order valence-corrected chi connectivity index (χ4v) is 2.75. The van der Waals surface area contributed by atoms with Gasteiger partial charge in [-0.1, -0.05) is 53.6 Å². The van der Waals surface area contributed by atoms with E-state index in [1.165, 1.54) is 11.1 Å². The normalized spacial score (nSPS) is 12.4. The number of ether oxygens (including phenoxy) is 1. The third kappa shape index (κ3) is 8.80. The van der Waals surface area contributed by atoms with Crippen LogP contribution in [0.3, 0.4) is 0 Å². The molecule has 1 atom stereocenters. The predicted molar refractivity (Wildman–Crippen MR) is 107 cm³/mol. The van der Waals surface area contributed by atoms with Crippen molar-refractivity contribution in [1.82, 2.24) is 0 Å². The minimum Gasteiger partial charge on any atom is -0.465 e. The van der Waals surface area contributed by atoms with E-state index in [9.17, 15) is 9.59 Å². The van der Waals surface area contributed by atoms with Crippen molar-refractivity contribution in [2.24, 2.45) is 5.92 Å². The van der Waals surface area contributed by atoms with Crippen LogP contribution in [0.2, 0.25) is 0 Å². The van der Waals surface area contributed by atoms with Crippen molar-refractivity contribution < 1.29 is 14.3 Å².